The van der Waals surface area contributed by atoms with Crippen LogP contribution in [0.2, 0.25) is 0 Å². The van der Waals surface area contributed by atoms with Gasteiger partial charge >= 0.3 is 0 Å². The van der Waals surface area contributed by atoms with Crippen LogP contribution in [0.5, 0.6) is 0 Å². The summed E-state index contributed by atoms with van der Waals surface area (Å²) < 4.78 is 50.0. The van der Waals surface area contributed by atoms with Crippen molar-refractivity contribution in [2.24, 2.45) is 0 Å². The molecule has 1 fully saturated rings. The zero-order chi connectivity index (χ0) is 14.1. The lowest BCUT2D eigenvalue weighted by atomic mass is 10.4. The van der Waals surface area contributed by atoms with Crippen molar-refractivity contribution >= 4 is 20.0 Å². The molecule has 0 unspecified atom stereocenters. The number of rotatable bonds is 3. The molecule has 19 heavy (non-hydrogen) atoms. The molecule has 1 aliphatic heterocycles. The largest absolute Gasteiger partial charge is 0.243 e. The summed E-state index contributed by atoms with van der Waals surface area (Å²) in [7, 11) is -6.77. The molecule has 0 amide bonds. The Morgan fingerprint density at radius 2 is 1.32 bits per heavy atom. The van der Waals surface area contributed by atoms with Crippen LogP contribution in [0.25, 0.3) is 0 Å². The maximum absolute atomic E-state index is 12.3. The fraction of sp³-hybridized carbons (Fsp3) is 0.455. The van der Waals surface area contributed by atoms with Crippen LogP contribution in [-0.4, -0.2) is 57.9 Å². The van der Waals surface area contributed by atoms with Crippen molar-refractivity contribution in [3.05, 3.63) is 30.3 Å². The van der Waals surface area contributed by atoms with E-state index in [1.807, 2.05) is 0 Å². The molecule has 0 radical (unpaired) electrons. The monoisotopic (exact) mass is 304 g/mol. The molecule has 1 heterocycles. The Hall–Kier alpha value is -0.960. The van der Waals surface area contributed by atoms with E-state index in [2.05, 4.69) is 0 Å². The van der Waals surface area contributed by atoms with E-state index in [-0.39, 0.29) is 31.1 Å². The van der Waals surface area contributed by atoms with Gasteiger partial charge in [0.25, 0.3) is 0 Å². The third-order valence-corrected chi connectivity index (χ3v) is 6.26. The van der Waals surface area contributed by atoms with E-state index in [9.17, 15) is 16.8 Å². The van der Waals surface area contributed by atoms with Crippen molar-refractivity contribution < 1.29 is 16.8 Å². The first-order valence-electron chi connectivity index (χ1n) is 5.82. The molecule has 0 saturated carbocycles. The molecule has 8 heteroatoms. The third-order valence-electron chi connectivity index (χ3n) is 3.05. The second-order valence-electron chi connectivity index (χ2n) is 4.38. The smallest absolute Gasteiger partial charge is 0.213 e. The van der Waals surface area contributed by atoms with E-state index in [1.165, 1.54) is 20.7 Å². The molecule has 0 bridgehead atoms. The van der Waals surface area contributed by atoms with Gasteiger partial charge in [0.1, 0.15) is 0 Å². The summed E-state index contributed by atoms with van der Waals surface area (Å²) in [5, 5.41) is 0. The molecule has 2 rings (SSSR count). The van der Waals surface area contributed by atoms with Gasteiger partial charge < -0.3 is 0 Å². The van der Waals surface area contributed by atoms with E-state index in [0.29, 0.717) is 0 Å². The Bertz CT molecular complexity index is 633. The van der Waals surface area contributed by atoms with Gasteiger partial charge in [0, 0.05) is 26.2 Å². The van der Waals surface area contributed by atoms with Gasteiger partial charge in [0.15, 0.2) is 0 Å². The molecule has 0 aromatic heterocycles. The highest BCUT2D eigenvalue weighted by atomic mass is 32.2. The molecule has 1 aliphatic rings. The van der Waals surface area contributed by atoms with Crippen molar-refractivity contribution in [2.75, 3.05) is 32.4 Å². The average molecular weight is 304 g/mol. The lowest BCUT2D eigenvalue weighted by Gasteiger charge is -2.32. The minimum atomic E-state index is -3.52. The second kappa shape index (κ2) is 5.20. The van der Waals surface area contributed by atoms with Crippen LogP contribution >= 0.6 is 0 Å². The van der Waals surface area contributed by atoms with Gasteiger partial charge in [0.2, 0.25) is 20.0 Å². The summed E-state index contributed by atoms with van der Waals surface area (Å²) in [6.07, 6.45) is 1.13. The highest BCUT2D eigenvalue weighted by molar-refractivity contribution is 7.89. The Balaban J connectivity index is 2.14. The summed E-state index contributed by atoms with van der Waals surface area (Å²) in [5.74, 6) is 0. The first kappa shape index (κ1) is 14.4. The van der Waals surface area contributed by atoms with Crippen LogP contribution in [0.4, 0.5) is 0 Å². The SMILES string of the molecule is CS(=O)(=O)N1CCN(S(=O)(=O)c2ccccc2)CC1. The zero-order valence-electron chi connectivity index (χ0n) is 10.6. The van der Waals surface area contributed by atoms with Crippen LogP contribution in [0.15, 0.2) is 35.2 Å². The lowest BCUT2D eigenvalue weighted by molar-refractivity contribution is 0.274. The van der Waals surface area contributed by atoms with Gasteiger partial charge in [-0.1, -0.05) is 18.2 Å². The van der Waals surface area contributed by atoms with Crippen LogP contribution in [-0.2, 0) is 20.0 Å². The Labute approximate surface area is 113 Å². The van der Waals surface area contributed by atoms with Crippen molar-refractivity contribution in [1.82, 2.24) is 8.61 Å². The molecular formula is C11H16N2O4S2. The first-order valence-corrected chi connectivity index (χ1v) is 9.11. The topological polar surface area (TPSA) is 74.8 Å². The molecule has 6 nitrogen and oxygen atoms in total. The fourth-order valence-corrected chi connectivity index (χ4v) is 4.25. The maximum Gasteiger partial charge on any atom is 0.243 e. The van der Waals surface area contributed by atoms with Gasteiger partial charge in [-0.25, -0.2) is 16.8 Å². The molecule has 1 aromatic rings. The number of hydrogen-bond donors (Lipinski definition) is 0. The number of benzene rings is 1. The van der Waals surface area contributed by atoms with Crippen LogP contribution in [0.1, 0.15) is 0 Å². The van der Waals surface area contributed by atoms with E-state index >= 15 is 0 Å². The third kappa shape index (κ3) is 3.14. The molecule has 0 spiro atoms. The standard InChI is InChI=1S/C11H16N2O4S2/c1-18(14,15)12-7-9-13(10-8-12)19(16,17)11-5-3-2-4-6-11/h2-6H,7-10H2,1H3. The normalized spacial score (nSPS) is 19.4. The number of nitrogens with zero attached hydrogens (tertiary/aromatic N) is 2. The summed E-state index contributed by atoms with van der Waals surface area (Å²) in [5.41, 5.74) is 0. The number of hydrogen-bond acceptors (Lipinski definition) is 4. The predicted molar refractivity (Wildman–Crippen MR) is 71.6 cm³/mol. The summed E-state index contributed by atoms with van der Waals surface area (Å²) in [6.45, 7) is 0.768. The lowest BCUT2D eigenvalue weighted by Crippen LogP contribution is -2.50. The summed E-state index contributed by atoms with van der Waals surface area (Å²) in [6, 6.07) is 8.16. The molecule has 1 saturated heterocycles. The molecule has 1 aromatic carbocycles. The fourth-order valence-electron chi connectivity index (χ4n) is 1.98. The first-order chi connectivity index (χ1) is 8.82. The van der Waals surface area contributed by atoms with Crippen LogP contribution in [0.3, 0.4) is 0 Å². The van der Waals surface area contributed by atoms with E-state index in [4.69, 9.17) is 0 Å². The van der Waals surface area contributed by atoms with Crippen LogP contribution < -0.4 is 0 Å². The van der Waals surface area contributed by atoms with Crippen molar-refractivity contribution in [3.63, 3.8) is 0 Å². The second-order valence-corrected chi connectivity index (χ2v) is 8.30. The minimum absolute atomic E-state index is 0.185. The van der Waals surface area contributed by atoms with E-state index < -0.39 is 20.0 Å². The molecule has 0 N–H and O–H groups in total. The molecule has 0 atom stereocenters. The quantitative estimate of drug-likeness (QED) is 0.785. The Morgan fingerprint density at radius 3 is 1.79 bits per heavy atom. The molecular weight excluding hydrogens is 288 g/mol. The summed E-state index contributed by atoms with van der Waals surface area (Å²) in [4.78, 5) is 0.239. The maximum atomic E-state index is 12.3. The van der Waals surface area contributed by atoms with Crippen molar-refractivity contribution in [3.8, 4) is 0 Å². The molecule has 106 valence electrons. The average Bonchev–Trinajstić information content (AvgIpc) is 2.39. The van der Waals surface area contributed by atoms with Crippen molar-refractivity contribution in [2.45, 2.75) is 4.90 Å². The van der Waals surface area contributed by atoms with Crippen LogP contribution in [0, 0.1) is 0 Å². The van der Waals surface area contributed by atoms with Gasteiger partial charge in [-0.05, 0) is 12.1 Å². The highest BCUT2D eigenvalue weighted by Gasteiger charge is 2.30. The zero-order valence-corrected chi connectivity index (χ0v) is 12.2. The Kier molecular flexibility index (Phi) is 3.95. The number of sulfonamides is 2. The predicted octanol–water partition coefficient (Wildman–Crippen LogP) is -0.0475. The van der Waals surface area contributed by atoms with Crippen molar-refractivity contribution in [1.29, 1.82) is 0 Å². The summed E-state index contributed by atoms with van der Waals surface area (Å²) >= 11 is 0. The highest BCUT2D eigenvalue weighted by Crippen LogP contribution is 2.17. The van der Waals surface area contributed by atoms with E-state index in [1.54, 1.807) is 18.2 Å². The van der Waals surface area contributed by atoms with Gasteiger partial charge in [0.05, 0.1) is 11.2 Å². The van der Waals surface area contributed by atoms with Gasteiger partial charge in [-0.15, -0.1) is 0 Å². The Morgan fingerprint density at radius 1 is 0.842 bits per heavy atom. The minimum Gasteiger partial charge on any atom is -0.213 e. The molecule has 0 aliphatic carbocycles. The van der Waals surface area contributed by atoms with Gasteiger partial charge in [-0.2, -0.15) is 8.61 Å². The number of piperazine rings is 1. The van der Waals surface area contributed by atoms with E-state index in [0.717, 1.165) is 6.26 Å². The van der Waals surface area contributed by atoms with Gasteiger partial charge in [-0.3, -0.25) is 0 Å².